The van der Waals surface area contributed by atoms with Crippen LogP contribution in [0, 0.1) is 0 Å². The molecule has 0 radical (unpaired) electrons. The molecule has 2 aromatic rings. The maximum Gasteiger partial charge on any atom is 0.119 e. The fraction of sp³-hybridized carbons (Fsp3) is 0.400. The van der Waals surface area contributed by atoms with Gasteiger partial charge in [-0.05, 0) is 63.0 Å². The van der Waals surface area contributed by atoms with Crippen molar-refractivity contribution in [2.45, 2.75) is 25.7 Å². The predicted octanol–water partition coefficient (Wildman–Crippen LogP) is 4.29. The van der Waals surface area contributed by atoms with Gasteiger partial charge in [0.25, 0.3) is 0 Å². The van der Waals surface area contributed by atoms with Gasteiger partial charge in [-0.1, -0.05) is 36.4 Å². The van der Waals surface area contributed by atoms with Crippen LogP contribution in [-0.4, -0.2) is 26.3 Å². The number of hydrogen-bond donors (Lipinski definition) is 1. The Hall–Kier alpha value is -2.00. The van der Waals surface area contributed by atoms with Crippen LogP contribution in [0.5, 0.6) is 11.5 Å². The molecule has 0 saturated carbocycles. The zero-order valence-electron chi connectivity index (χ0n) is 13.7. The second-order valence-corrected chi connectivity index (χ2v) is 5.49. The molecule has 0 aromatic heterocycles. The van der Waals surface area contributed by atoms with Crippen molar-refractivity contribution in [3.63, 3.8) is 0 Å². The molecule has 0 aliphatic heterocycles. The van der Waals surface area contributed by atoms with Gasteiger partial charge in [0.2, 0.25) is 0 Å². The zero-order valence-corrected chi connectivity index (χ0v) is 13.7. The SMILES string of the molecule is c1ccc(OCCCCNCCCCOc2ccccc2)cc1. The van der Waals surface area contributed by atoms with E-state index in [1.54, 1.807) is 0 Å². The van der Waals surface area contributed by atoms with E-state index in [2.05, 4.69) is 5.32 Å². The quantitative estimate of drug-likeness (QED) is 0.593. The second kappa shape index (κ2) is 11.6. The first kappa shape index (κ1) is 17.4. The van der Waals surface area contributed by atoms with Gasteiger partial charge >= 0.3 is 0 Å². The smallest absolute Gasteiger partial charge is 0.119 e. The molecule has 0 aliphatic carbocycles. The molecular weight excluding hydrogens is 286 g/mol. The number of benzene rings is 2. The summed E-state index contributed by atoms with van der Waals surface area (Å²) >= 11 is 0. The first-order chi connectivity index (χ1) is 11.4. The van der Waals surface area contributed by atoms with Crippen LogP contribution in [-0.2, 0) is 0 Å². The Morgan fingerprint density at radius 3 is 1.43 bits per heavy atom. The van der Waals surface area contributed by atoms with Gasteiger partial charge in [-0.2, -0.15) is 0 Å². The van der Waals surface area contributed by atoms with Crippen LogP contribution in [0.3, 0.4) is 0 Å². The van der Waals surface area contributed by atoms with Crippen LogP contribution in [0.4, 0.5) is 0 Å². The average Bonchev–Trinajstić information content (AvgIpc) is 2.61. The van der Waals surface area contributed by atoms with Gasteiger partial charge in [0.15, 0.2) is 0 Å². The summed E-state index contributed by atoms with van der Waals surface area (Å²) in [6.07, 6.45) is 4.46. The van der Waals surface area contributed by atoms with E-state index >= 15 is 0 Å². The molecule has 1 N–H and O–H groups in total. The molecule has 23 heavy (non-hydrogen) atoms. The minimum Gasteiger partial charge on any atom is -0.494 e. The highest BCUT2D eigenvalue weighted by molar-refractivity contribution is 5.21. The van der Waals surface area contributed by atoms with Crippen LogP contribution >= 0.6 is 0 Å². The summed E-state index contributed by atoms with van der Waals surface area (Å²) < 4.78 is 11.3. The average molecular weight is 313 g/mol. The summed E-state index contributed by atoms with van der Waals surface area (Å²) in [4.78, 5) is 0. The van der Waals surface area contributed by atoms with Crippen molar-refractivity contribution in [2.75, 3.05) is 26.3 Å². The molecule has 0 saturated heterocycles. The molecule has 2 aromatic carbocycles. The molecule has 0 atom stereocenters. The van der Waals surface area contributed by atoms with Crippen LogP contribution in [0.25, 0.3) is 0 Å². The fourth-order valence-electron chi connectivity index (χ4n) is 2.24. The van der Waals surface area contributed by atoms with Crippen molar-refractivity contribution in [3.8, 4) is 11.5 Å². The highest BCUT2D eigenvalue weighted by Crippen LogP contribution is 2.09. The van der Waals surface area contributed by atoms with Crippen molar-refractivity contribution in [1.82, 2.24) is 5.32 Å². The Morgan fingerprint density at radius 2 is 1.00 bits per heavy atom. The number of ether oxygens (including phenoxy) is 2. The number of para-hydroxylation sites is 2. The van der Waals surface area contributed by atoms with Crippen molar-refractivity contribution in [1.29, 1.82) is 0 Å². The van der Waals surface area contributed by atoms with Gasteiger partial charge in [-0.25, -0.2) is 0 Å². The van der Waals surface area contributed by atoms with Crippen molar-refractivity contribution in [2.24, 2.45) is 0 Å². The van der Waals surface area contributed by atoms with Crippen LogP contribution in [0.2, 0.25) is 0 Å². The molecule has 0 fully saturated rings. The second-order valence-electron chi connectivity index (χ2n) is 5.49. The van der Waals surface area contributed by atoms with E-state index in [-0.39, 0.29) is 0 Å². The molecule has 0 aliphatic rings. The summed E-state index contributed by atoms with van der Waals surface area (Å²) in [5, 5.41) is 3.47. The van der Waals surface area contributed by atoms with Gasteiger partial charge in [0.1, 0.15) is 11.5 Å². The Labute approximate surface area is 139 Å². The third-order valence-electron chi connectivity index (χ3n) is 3.52. The molecule has 2 rings (SSSR count). The standard InChI is InChI=1S/C20H27NO2/c1-3-11-19(12-4-1)22-17-9-7-15-21-16-8-10-18-23-20-13-5-2-6-14-20/h1-6,11-14,21H,7-10,15-18H2. The number of nitrogens with one attached hydrogen (secondary N) is 1. The van der Waals surface area contributed by atoms with E-state index in [4.69, 9.17) is 9.47 Å². The molecule has 0 amide bonds. The molecule has 0 bridgehead atoms. The first-order valence-electron chi connectivity index (χ1n) is 8.51. The first-order valence-corrected chi connectivity index (χ1v) is 8.51. The van der Waals surface area contributed by atoms with Gasteiger partial charge in [-0.15, -0.1) is 0 Å². The van der Waals surface area contributed by atoms with E-state index in [0.717, 1.165) is 63.5 Å². The third-order valence-corrected chi connectivity index (χ3v) is 3.52. The highest BCUT2D eigenvalue weighted by atomic mass is 16.5. The normalized spacial score (nSPS) is 10.4. The zero-order chi connectivity index (χ0) is 16.0. The van der Waals surface area contributed by atoms with Crippen LogP contribution in [0.15, 0.2) is 60.7 Å². The Bertz CT molecular complexity index is 454. The Kier molecular flexibility index (Phi) is 8.72. The van der Waals surface area contributed by atoms with Gasteiger partial charge in [0.05, 0.1) is 13.2 Å². The van der Waals surface area contributed by atoms with E-state index in [1.165, 1.54) is 0 Å². The number of unbranched alkanes of at least 4 members (excludes halogenated alkanes) is 2. The van der Waals surface area contributed by atoms with Gasteiger partial charge in [0, 0.05) is 0 Å². The fourth-order valence-corrected chi connectivity index (χ4v) is 2.24. The lowest BCUT2D eigenvalue weighted by molar-refractivity contribution is 0.301. The van der Waals surface area contributed by atoms with E-state index in [1.807, 2.05) is 60.7 Å². The van der Waals surface area contributed by atoms with Crippen LogP contribution < -0.4 is 14.8 Å². The summed E-state index contributed by atoms with van der Waals surface area (Å²) in [6, 6.07) is 20.0. The Balaban J connectivity index is 1.34. The predicted molar refractivity (Wildman–Crippen MR) is 95.2 cm³/mol. The lowest BCUT2D eigenvalue weighted by Crippen LogP contribution is -2.18. The van der Waals surface area contributed by atoms with Gasteiger partial charge < -0.3 is 14.8 Å². The molecule has 0 heterocycles. The van der Waals surface area contributed by atoms with E-state index < -0.39 is 0 Å². The molecule has 0 spiro atoms. The van der Waals surface area contributed by atoms with Crippen molar-refractivity contribution < 1.29 is 9.47 Å². The lowest BCUT2D eigenvalue weighted by Gasteiger charge is -2.08. The monoisotopic (exact) mass is 313 g/mol. The lowest BCUT2D eigenvalue weighted by atomic mass is 10.3. The van der Waals surface area contributed by atoms with Crippen molar-refractivity contribution >= 4 is 0 Å². The third kappa shape index (κ3) is 8.27. The largest absolute Gasteiger partial charge is 0.494 e. The molecule has 3 heteroatoms. The maximum absolute atomic E-state index is 5.66. The minimum atomic E-state index is 0.788. The number of hydrogen-bond acceptors (Lipinski definition) is 3. The van der Waals surface area contributed by atoms with Gasteiger partial charge in [-0.3, -0.25) is 0 Å². The highest BCUT2D eigenvalue weighted by Gasteiger charge is 1.94. The summed E-state index contributed by atoms with van der Waals surface area (Å²) in [5.74, 6) is 1.91. The molecule has 0 unspecified atom stereocenters. The summed E-state index contributed by atoms with van der Waals surface area (Å²) in [7, 11) is 0. The molecular formula is C20H27NO2. The Morgan fingerprint density at radius 1 is 0.565 bits per heavy atom. The topological polar surface area (TPSA) is 30.5 Å². The molecule has 3 nitrogen and oxygen atoms in total. The maximum atomic E-state index is 5.66. The van der Waals surface area contributed by atoms with Crippen LogP contribution in [0.1, 0.15) is 25.7 Å². The van der Waals surface area contributed by atoms with Crippen molar-refractivity contribution in [3.05, 3.63) is 60.7 Å². The van der Waals surface area contributed by atoms with E-state index in [0.29, 0.717) is 0 Å². The molecule has 124 valence electrons. The van der Waals surface area contributed by atoms with E-state index in [9.17, 15) is 0 Å². The summed E-state index contributed by atoms with van der Waals surface area (Å²) in [6.45, 7) is 3.68. The minimum absolute atomic E-state index is 0.788. The number of rotatable bonds is 12. The summed E-state index contributed by atoms with van der Waals surface area (Å²) in [5.41, 5.74) is 0.